The highest BCUT2D eigenvalue weighted by molar-refractivity contribution is 6.69. The van der Waals surface area contributed by atoms with Crippen molar-refractivity contribution in [3.8, 4) is 0 Å². The predicted molar refractivity (Wildman–Crippen MR) is 58.5 cm³/mol. The molecule has 80 valence electrons. The molecule has 0 aliphatic carbocycles. The van der Waals surface area contributed by atoms with E-state index in [2.05, 4.69) is 24.0 Å². The molecular weight excluding hydrogens is 194 g/mol. The topological polar surface area (TPSA) is 21.7 Å². The highest BCUT2D eigenvalue weighted by Crippen LogP contribution is 2.26. The lowest BCUT2D eigenvalue weighted by atomic mass is 10.5. The van der Waals surface area contributed by atoms with Crippen molar-refractivity contribution in [2.75, 3.05) is 32.8 Å². The van der Waals surface area contributed by atoms with Gasteiger partial charge in [0.05, 0.1) is 0 Å². The standard InChI is InChI=1S/C10H19NO2Si/c1-2-11-5-7-12-14(13-8-6-11)9-3-4-10-14/h3-4H,2,5-10H2,1H3. The number of likely N-dealkylation sites (N-methyl/N-ethyl adjacent to an activating group) is 1. The quantitative estimate of drug-likeness (QED) is 0.485. The van der Waals surface area contributed by atoms with Crippen molar-refractivity contribution < 1.29 is 8.85 Å². The number of rotatable bonds is 1. The molecule has 0 atom stereocenters. The van der Waals surface area contributed by atoms with Gasteiger partial charge in [0, 0.05) is 38.4 Å². The lowest BCUT2D eigenvalue weighted by Gasteiger charge is -2.32. The van der Waals surface area contributed by atoms with E-state index in [4.69, 9.17) is 8.85 Å². The maximum Gasteiger partial charge on any atom is 0.346 e. The van der Waals surface area contributed by atoms with E-state index in [0.29, 0.717) is 0 Å². The molecule has 1 spiro atoms. The summed E-state index contributed by atoms with van der Waals surface area (Å²) in [4.78, 5) is 2.38. The Hall–Kier alpha value is -0.163. The summed E-state index contributed by atoms with van der Waals surface area (Å²) in [5, 5.41) is 0. The summed E-state index contributed by atoms with van der Waals surface area (Å²) in [6, 6.07) is 2.11. The van der Waals surface area contributed by atoms with Gasteiger partial charge < -0.3 is 8.85 Å². The first kappa shape index (κ1) is 10.4. The Bertz CT molecular complexity index is 200. The minimum atomic E-state index is -1.78. The van der Waals surface area contributed by atoms with Crippen LogP contribution in [0.15, 0.2) is 12.2 Å². The molecule has 2 aliphatic rings. The van der Waals surface area contributed by atoms with Gasteiger partial charge in [-0.05, 0) is 6.54 Å². The van der Waals surface area contributed by atoms with E-state index in [1.54, 1.807) is 0 Å². The fourth-order valence-electron chi connectivity index (χ4n) is 2.04. The van der Waals surface area contributed by atoms with Gasteiger partial charge in [0.2, 0.25) is 0 Å². The van der Waals surface area contributed by atoms with Crippen molar-refractivity contribution in [1.82, 2.24) is 4.90 Å². The number of allylic oxidation sites excluding steroid dienone is 2. The Labute approximate surface area is 86.9 Å². The molecule has 4 heteroatoms. The van der Waals surface area contributed by atoms with Gasteiger partial charge in [-0.2, -0.15) is 0 Å². The summed E-state index contributed by atoms with van der Waals surface area (Å²) in [6.07, 6.45) is 4.43. The molecular formula is C10H19NO2Si. The van der Waals surface area contributed by atoms with Crippen molar-refractivity contribution in [1.29, 1.82) is 0 Å². The van der Waals surface area contributed by atoms with E-state index >= 15 is 0 Å². The third-order valence-corrected chi connectivity index (χ3v) is 6.19. The number of hydrogen-bond acceptors (Lipinski definition) is 3. The van der Waals surface area contributed by atoms with Crippen LogP contribution in [0.2, 0.25) is 12.1 Å². The summed E-state index contributed by atoms with van der Waals surface area (Å²) in [5.41, 5.74) is 0. The molecule has 0 aromatic rings. The molecule has 2 rings (SSSR count). The van der Waals surface area contributed by atoms with E-state index < -0.39 is 8.56 Å². The average molecular weight is 213 g/mol. The second-order valence-corrected chi connectivity index (χ2v) is 7.14. The molecule has 1 fully saturated rings. The Morgan fingerprint density at radius 1 is 1.14 bits per heavy atom. The normalized spacial score (nSPS) is 27.8. The van der Waals surface area contributed by atoms with Crippen molar-refractivity contribution in [3.05, 3.63) is 12.2 Å². The van der Waals surface area contributed by atoms with Gasteiger partial charge in [0.1, 0.15) is 0 Å². The zero-order chi connectivity index (χ0) is 9.86. The van der Waals surface area contributed by atoms with E-state index in [-0.39, 0.29) is 0 Å². The number of nitrogens with zero attached hydrogens (tertiary/aromatic N) is 1. The minimum Gasteiger partial charge on any atom is -0.393 e. The van der Waals surface area contributed by atoms with Crippen LogP contribution >= 0.6 is 0 Å². The second kappa shape index (κ2) is 4.57. The van der Waals surface area contributed by atoms with E-state index in [1.165, 1.54) is 0 Å². The van der Waals surface area contributed by atoms with Crippen LogP contribution < -0.4 is 0 Å². The molecule has 0 aromatic carbocycles. The molecule has 0 bridgehead atoms. The summed E-state index contributed by atoms with van der Waals surface area (Å²) >= 11 is 0. The van der Waals surface area contributed by atoms with Crippen LogP contribution in [-0.2, 0) is 8.85 Å². The fraction of sp³-hybridized carbons (Fsp3) is 0.800. The van der Waals surface area contributed by atoms with Gasteiger partial charge in [-0.3, -0.25) is 4.90 Å². The molecule has 14 heavy (non-hydrogen) atoms. The fourth-order valence-corrected chi connectivity index (χ4v) is 4.74. The van der Waals surface area contributed by atoms with Crippen molar-refractivity contribution in [3.63, 3.8) is 0 Å². The highest BCUT2D eigenvalue weighted by atomic mass is 28.4. The minimum absolute atomic E-state index is 0.849. The Morgan fingerprint density at radius 2 is 1.71 bits per heavy atom. The van der Waals surface area contributed by atoms with Gasteiger partial charge >= 0.3 is 8.56 Å². The third-order valence-electron chi connectivity index (χ3n) is 3.02. The summed E-state index contributed by atoms with van der Waals surface area (Å²) in [6.45, 7) is 7.11. The second-order valence-electron chi connectivity index (χ2n) is 3.92. The molecule has 0 N–H and O–H groups in total. The maximum atomic E-state index is 5.98. The van der Waals surface area contributed by atoms with Crippen LogP contribution in [0.1, 0.15) is 6.92 Å². The van der Waals surface area contributed by atoms with E-state index in [1.807, 2.05) is 0 Å². The molecule has 0 saturated carbocycles. The monoisotopic (exact) mass is 213 g/mol. The van der Waals surface area contributed by atoms with Gasteiger partial charge in [-0.25, -0.2) is 0 Å². The van der Waals surface area contributed by atoms with Crippen LogP contribution in [0, 0.1) is 0 Å². The third kappa shape index (κ3) is 2.25. The molecule has 0 amide bonds. The van der Waals surface area contributed by atoms with Crippen molar-refractivity contribution >= 4 is 8.56 Å². The first-order valence-electron chi connectivity index (χ1n) is 5.50. The smallest absolute Gasteiger partial charge is 0.346 e. The maximum absolute atomic E-state index is 5.98. The molecule has 1 saturated heterocycles. The Kier molecular flexibility index (Phi) is 3.38. The number of hydrogen-bond donors (Lipinski definition) is 0. The Morgan fingerprint density at radius 3 is 2.21 bits per heavy atom. The molecule has 0 aromatic heterocycles. The largest absolute Gasteiger partial charge is 0.393 e. The van der Waals surface area contributed by atoms with Gasteiger partial charge in [-0.1, -0.05) is 19.1 Å². The zero-order valence-corrected chi connectivity index (χ0v) is 9.87. The van der Waals surface area contributed by atoms with Gasteiger partial charge in [0.25, 0.3) is 0 Å². The molecule has 2 heterocycles. The average Bonchev–Trinajstić information content (AvgIpc) is 2.61. The summed E-state index contributed by atoms with van der Waals surface area (Å²) < 4.78 is 12.0. The van der Waals surface area contributed by atoms with E-state index in [0.717, 1.165) is 44.9 Å². The van der Waals surface area contributed by atoms with Crippen molar-refractivity contribution in [2.24, 2.45) is 0 Å². The van der Waals surface area contributed by atoms with Crippen LogP contribution in [0.25, 0.3) is 0 Å². The molecule has 0 unspecified atom stereocenters. The highest BCUT2D eigenvalue weighted by Gasteiger charge is 2.39. The van der Waals surface area contributed by atoms with E-state index in [9.17, 15) is 0 Å². The van der Waals surface area contributed by atoms with Crippen molar-refractivity contribution in [2.45, 2.75) is 19.0 Å². The van der Waals surface area contributed by atoms with Crippen LogP contribution in [-0.4, -0.2) is 46.3 Å². The molecule has 3 nitrogen and oxygen atoms in total. The molecule has 0 radical (unpaired) electrons. The zero-order valence-electron chi connectivity index (χ0n) is 8.87. The lowest BCUT2D eigenvalue weighted by molar-refractivity contribution is 0.0995. The summed E-state index contributed by atoms with van der Waals surface area (Å²) in [5.74, 6) is 0. The molecule has 2 aliphatic heterocycles. The van der Waals surface area contributed by atoms with Gasteiger partial charge in [-0.15, -0.1) is 0 Å². The lowest BCUT2D eigenvalue weighted by Crippen LogP contribution is -2.46. The first-order valence-corrected chi connectivity index (χ1v) is 7.73. The van der Waals surface area contributed by atoms with Crippen LogP contribution in [0.4, 0.5) is 0 Å². The van der Waals surface area contributed by atoms with Crippen LogP contribution in [0.5, 0.6) is 0 Å². The first-order chi connectivity index (χ1) is 6.85. The summed E-state index contributed by atoms with van der Waals surface area (Å²) in [7, 11) is -1.78. The predicted octanol–water partition coefficient (Wildman–Crippen LogP) is 1.37. The van der Waals surface area contributed by atoms with Gasteiger partial charge in [0.15, 0.2) is 0 Å². The van der Waals surface area contributed by atoms with Crippen LogP contribution in [0.3, 0.4) is 0 Å². The SMILES string of the molecule is CCN1CCO[Si]2(CC=CC2)OCC1. The Balaban J connectivity index is 1.87.